The van der Waals surface area contributed by atoms with Crippen molar-refractivity contribution in [2.75, 3.05) is 0 Å². The lowest BCUT2D eigenvalue weighted by Crippen LogP contribution is -1.94. The minimum Gasteiger partial charge on any atom is -0.457 e. The monoisotopic (exact) mass is 326 g/mol. The Balaban J connectivity index is 2.26. The van der Waals surface area contributed by atoms with Crippen LogP contribution in [0, 0.1) is 11.6 Å². The molecule has 0 heterocycles. The molecule has 0 fully saturated rings. The largest absolute Gasteiger partial charge is 0.457 e. The maximum absolute atomic E-state index is 13.0. The van der Waals surface area contributed by atoms with Gasteiger partial charge in [0, 0.05) is 16.1 Å². The summed E-state index contributed by atoms with van der Waals surface area (Å²) in [5.74, 6) is -1.38. The second-order valence-corrected chi connectivity index (χ2v) is 4.73. The third-order valence-corrected chi connectivity index (χ3v) is 3.10. The average molecular weight is 327 g/mol. The first-order valence-corrected chi connectivity index (χ1v) is 6.20. The number of benzene rings is 2. The molecule has 0 saturated carbocycles. The molecule has 19 heavy (non-hydrogen) atoms. The Morgan fingerprint density at radius 1 is 1.05 bits per heavy atom. The van der Waals surface area contributed by atoms with Gasteiger partial charge in [-0.25, -0.2) is 8.78 Å². The van der Waals surface area contributed by atoms with Crippen LogP contribution >= 0.6 is 15.9 Å². The maximum atomic E-state index is 13.0. The second kappa shape index (κ2) is 5.48. The fourth-order valence-corrected chi connectivity index (χ4v) is 2.16. The quantitative estimate of drug-likeness (QED) is 0.763. The number of hydrogen-bond acceptors (Lipinski definition) is 2. The van der Waals surface area contributed by atoms with Crippen molar-refractivity contribution in [3.63, 3.8) is 0 Å². The number of carbonyl (C=O) groups excluding carboxylic acids is 1. The van der Waals surface area contributed by atoms with E-state index in [1.807, 2.05) is 0 Å². The molecule has 0 radical (unpaired) electrons. The first-order valence-electron chi connectivity index (χ1n) is 5.41. The van der Waals surface area contributed by atoms with E-state index < -0.39 is 11.6 Å². The molecule has 98 valence electrons. The summed E-state index contributed by atoms with van der Waals surface area (Å²) < 4.78 is 31.8. The van der Waals surface area contributed by atoms with E-state index in [0.29, 0.717) is 15.8 Å². The number of hydrogen-bond donors (Lipinski definition) is 0. The van der Waals surface area contributed by atoms with Crippen molar-refractivity contribution in [2.24, 2.45) is 0 Å². The summed E-state index contributed by atoms with van der Waals surface area (Å²) in [5, 5.41) is 0. The van der Waals surface area contributed by atoms with E-state index in [0.717, 1.165) is 12.1 Å². The highest BCUT2D eigenvalue weighted by molar-refractivity contribution is 9.10. The Kier molecular flexibility index (Phi) is 3.95. The van der Waals surface area contributed by atoms with Crippen LogP contribution < -0.4 is 4.74 Å². The van der Waals surface area contributed by atoms with Gasteiger partial charge in [-0.2, -0.15) is 0 Å². The SMILES string of the molecule is CC(=O)c1ccc(Oc2ccc(F)c(F)c2)cc1Br. The van der Waals surface area contributed by atoms with Gasteiger partial charge in [-0.05, 0) is 53.2 Å². The lowest BCUT2D eigenvalue weighted by Gasteiger charge is -2.08. The van der Waals surface area contributed by atoms with E-state index in [9.17, 15) is 13.6 Å². The van der Waals surface area contributed by atoms with E-state index in [-0.39, 0.29) is 11.5 Å². The molecular weight excluding hydrogens is 318 g/mol. The van der Waals surface area contributed by atoms with Crippen LogP contribution in [0.1, 0.15) is 17.3 Å². The molecule has 0 saturated heterocycles. The molecule has 0 aliphatic carbocycles. The van der Waals surface area contributed by atoms with Crippen molar-refractivity contribution < 1.29 is 18.3 Å². The van der Waals surface area contributed by atoms with Crippen LogP contribution in [0.3, 0.4) is 0 Å². The van der Waals surface area contributed by atoms with Crippen molar-refractivity contribution in [1.82, 2.24) is 0 Å². The topological polar surface area (TPSA) is 26.3 Å². The number of Topliss-reactive ketones (excluding diaryl/α,β-unsaturated/α-hetero) is 1. The Hall–Kier alpha value is -1.75. The number of ketones is 1. The summed E-state index contributed by atoms with van der Waals surface area (Å²) in [5.41, 5.74) is 0.526. The second-order valence-electron chi connectivity index (χ2n) is 3.88. The van der Waals surface area contributed by atoms with Gasteiger partial charge in [-0.3, -0.25) is 4.79 Å². The molecular formula is C14H9BrF2O2. The molecule has 2 nitrogen and oxygen atoms in total. The molecule has 2 rings (SSSR count). The van der Waals surface area contributed by atoms with Gasteiger partial charge in [0.2, 0.25) is 0 Å². The van der Waals surface area contributed by atoms with E-state index in [1.54, 1.807) is 18.2 Å². The fraction of sp³-hybridized carbons (Fsp3) is 0.0714. The van der Waals surface area contributed by atoms with E-state index in [1.165, 1.54) is 13.0 Å². The van der Waals surface area contributed by atoms with Crippen molar-refractivity contribution in [2.45, 2.75) is 6.92 Å². The summed E-state index contributed by atoms with van der Waals surface area (Å²) in [6, 6.07) is 8.05. The zero-order chi connectivity index (χ0) is 14.0. The van der Waals surface area contributed by atoms with Crippen molar-refractivity contribution in [3.05, 3.63) is 58.1 Å². The zero-order valence-corrected chi connectivity index (χ0v) is 11.5. The number of rotatable bonds is 3. The zero-order valence-electron chi connectivity index (χ0n) is 9.91. The van der Waals surface area contributed by atoms with Crippen molar-refractivity contribution in [1.29, 1.82) is 0 Å². The Morgan fingerprint density at radius 3 is 2.26 bits per heavy atom. The number of halogens is 3. The molecule has 5 heteroatoms. The van der Waals surface area contributed by atoms with Gasteiger partial charge in [0.1, 0.15) is 11.5 Å². The summed E-state index contributed by atoms with van der Waals surface area (Å²) in [7, 11) is 0. The van der Waals surface area contributed by atoms with E-state index in [2.05, 4.69) is 15.9 Å². The molecule has 0 aliphatic rings. The third kappa shape index (κ3) is 3.17. The standard InChI is InChI=1S/C14H9BrF2O2/c1-8(18)11-4-2-9(6-12(11)15)19-10-3-5-13(16)14(17)7-10/h2-7H,1H3. The summed E-state index contributed by atoms with van der Waals surface area (Å²) >= 11 is 3.25. The predicted molar refractivity (Wildman–Crippen MR) is 70.6 cm³/mol. The van der Waals surface area contributed by atoms with Gasteiger partial charge in [0.15, 0.2) is 17.4 Å². The van der Waals surface area contributed by atoms with Crippen LogP contribution in [0.25, 0.3) is 0 Å². The van der Waals surface area contributed by atoms with Gasteiger partial charge in [0.25, 0.3) is 0 Å². The highest BCUT2D eigenvalue weighted by atomic mass is 79.9. The smallest absolute Gasteiger partial charge is 0.162 e. The molecule has 0 atom stereocenters. The van der Waals surface area contributed by atoms with Gasteiger partial charge >= 0.3 is 0 Å². The van der Waals surface area contributed by atoms with Crippen LogP contribution in [0.2, 0.25) is 0 Å². The Labute approximate surface area is 117 Å². The van der Waals surface area contributed by atoms with Crippen LogP contribution in [-0.2, 0) is 0 Å². The van der Waals surface area contributed by atoms with E-state index in [4.69, 9.17) is 4.74 Å². The highest BCUT2D eigenvalue weighted by Gasteiger charge is 2.08. The first-order chi connectivity index (χ1) is 8.97. The van der Waals surface area contributed by atoms with Crippen molar-refractivity contribution >= 4 is 21.7 Å². The molecule has 0 amide bonds. The third-order valence-electron chi connectivity index (χ3n) is 2.45. The van der Waals surface area contributed by atoms with E-state index >= 15 is 0 Å². The summed E-state index contributed by atoms with van der Waals surface area (Å²) in [6.45, 7) is 1.45. The Morgan fingerprint density at radius 2 is 1.68 bits per heavy atom. The molecule has 0 aromatic heterocycles. The Bertz CT molecular complexity index is 641. The highest BCUT2D eigenvalue weighted by Crippen LogP contribution is 2.28. The van der Waals surface area contributed by atoms with Crippen LogP contribution in [0.15, 0.2) is 40.9 Å². The van der Waals surface area contributed by atoms with Gasteiger partial charge in [-0.15, -0.1) is 0 Å². The lowest BCUT2D eigenvalue weighted by atomic mass is 10.1. The number of carbonyl (C=O) groups is 1. The molecule has 0 aliphatic heterocycles. The molecule has 0 spiro atoms. The number of ether oxygens (including phenoxy) is 1. The van der Waals surface area contributed by atoms with Crippen LogP contribution in [0.5, 0.6) is 11.5 Å². The molecule has 0 bridgehead atoms. The summed E-state index contributed by atoms with van der Waals surface area (Å²) in [4.78, 5) is 11.3. The van der Waals surface area contributed by atoms with Gasteiger partial charge in [-0.1, -0.05) is 0 Å². The predicted octanol–water partition coefficient (Wildman–Crippen LogP) is 4.72. The fourth-order valence-electron chi connectivity index (χ4n) is 1.52. The molecule has 0 N–H and O–H groups in total. The van der Waals surface area contributed by atoms with Gasteiger partial charge in [0.05, 0.1) is 0 Å². The maximum Gasteiger partial charge on any atom is 0.162 e. The molecule has 0 unspecified atom stereocenters. The first kappa shape index (κ1) is 13.7. The minimum absolute atomic E-state index is 0.0775. The minimum atomic E-state index is -0.975. The van der Waals surface area contributed by atoms with Crippen molar-refractivity contribution in [3.8, 4) is 11.5 Å². The van der Waals surface area contributed by atoms with Crippen LogP contribution in [0.4, 0.5) is 8.78 Å². The molecule has 2 aromatic carbocycles. The average Bonchev–Trinajstić information content (AvgIpc) is 2.33. The van der Waals surface area contributed by atoms with Crippen LogP contribution in [-0.4, -0.2) is 5.78 Å². The normalized spacial score (nSPS) is 10.3. The van der Waals surface area contributed by atoms with Gasteiger partial charge < -0.3 is 4.74 Å². The summed E-state index contributed by atoms with van der Waals surface area (Å²) in [6.07, 6.45) is 0. The lowest BCUT2D eigenvalue weighted by molar-refractivity contribution is 0.101. The molecule has 2 aromatic rings.